The van der Waals surface area contributed by atoms with E-state index in [0.717, 1.165) is 6.42 Å². The quantitative estimate of drug-likeness (QED) is 0.788. The van der Waals surface area contributed by atoms with Gasteiger partial charge in [-0.2, -0.15) is 13.2 Å². The molecule has 0 aromatic rings. The van der Waals surface area contributed by atoms with Crippen molar-refractivity contribution in [2.75, 3.05) is 6.54 Å². The first-order chi connectivity index (χ1) is 7.35. The minimum Gasteiger partial charge on any atom is -0.304 e. The molecule has 4 heteroatoms. The average molecular weight is 237 g/mol. The zero-order valence-corrected chi connectivity index (χ0v) is 10.3. The van der Waals surface area contributed by atoms with E-state index in [4.69, 9.17) is 0 Å². The Morgan fingerprint density at radius 2 is 1.94 bits per heavy atom. The molecule has 1 aliphatic rings. The largest absolute Gasteiger partial charge is 0.406 e. The molecular formula is C12H22F3N. The number of hydrogen-bond acceptors (Lipinski definition) is 1. The molecule has 0 spiro atoms. The lowest BCUT2D eigenvalue weighted by molar-refractivity contribution is -0.226. The summed E-state index contributed by atoms with van der Waals surface area (Å²) in [6.07, 6.45) is -1.63. The third-order valence-electron chi connectivity index (χ3n) is 3.77. The number of alkyl halides is 3. The Bertz CT molecular complexity index is 221. The summed E-state index contributed by atoms with van der Waals surface area (Å²) in [4.78, 5) is 0. The van der Waals surface area contributed by atoms with Gasteiger partial charge < -0.3 is 5.32 Å². The van der Waals surface area contributed by atoms with Gasteiger partial charge >= 0.3 is 6.18 Å². The second kappa shape index (κ2) is 4.94. The molecule has 0 bridgehead atoms. The fourth-order valence-electron chi connectivity index (χ4n) is 3.09. The molecule has 0 heterocycles. The van der Waals surface area contributed by atoms with Crippen molar-refractivity contribution in [2.24, 2.45) is 11.8 Å². The molecule has 1 rings (SSSR count). The van der Waals surface area contributed by atoms with Crippen molar-refractivity contribution in [3.63, 3.8) is 0 Å². The minimum absolute atomic E-state index is 0.0703. The first-order valence-electron chi connectivity index (χ1n) is 6.17. The summed E-state index contributed by atoms with van der Waals surface area (Å²) in [6.45, 7) is 5.92. The number of hydrogen-bond donors (Lipinski definition) is 1. The highest BCUT2D eigenvalue weighted by Gasteiger charge is 2.59. The third-order valence-corrected chi connectivity index (χ3v) is 3.77. The topological polar surface area (TPSA) is 12.0 Å². The first-order valence-corrected chi connectivity index (χ1v) is 6.17. The Morgan fingerprint density at radius 3 is 2.38 bits per heavy atom. The lowest BCUT2D eigenvalue weighted by Crippen LogP contribution is -2.63. The predicted octanol–water partition coefficient (Wildman–Crippen LogP) is 3.74. The van der Waals surface area contributed by atoms with Gasteiger partial charge in [-0.15, -0.1) is 0 Å². The molecule has 0 aromatic heterocycles. The van der Waals surface area contributed by atoms with E-state index in [1.54, 1.807) is 6.92 Å². The van der Waals surface area contributed by atoms with E-state index in [-0.39, 0.29) is 18.3 Å². The zero-order chi connectivity index (χ0) is 12.4. The van der Waals surface area contributed by atoms with Gasteiger partial charge in [-0.1, -0.05) is 33.6 Å². The minimum atomic E-state index is -4.14. The average Bonchev–Trinajstić information content (AvgIpc) is 2.16. The van der Waals surface area contributed by atoms with Crippen LogP contribution in [-0.2, 0) is 0 Å². The molecule has 1 saturated carbocycles. The Morgan fingerprint density at radius 1 is 1.31 bits per heavy atom. The van der Waals surface area contributed by atoms with Gasteiger partial charge in [0, 0.05) is 0 Å². The van der Waals surface area contributed by atoms with Crippen molar-refractivity contribution in [2.45, 2.75) is 58.2 Å². The van der Waals surface area contributed by atoms with E-state index in [2.05, 4.69) is 5.32 Å². The van der Waals surface area contributed by atoms with Gasteiger partial charge in [0.25, 0.3) is 0 Å². The lowest BCUT2D eigenvalue weighted by atomic mass is 9.67. The van der Waals surface area contributed by atoms with E-state index >= 15 is 0 Å². The molecule has 0 saturated heterocycles. The highest BCUT2D eigenvalue weighted by molar-refractivity contribution is 5.03. The molecule has 0 aliphatic heterocycles. The Hall–Kier alpha value is -0.250. The number of rotatable bonds is 3. The summed E-state index contributed by atoms with van der Waals surface area (Å²) in [6, 6.07) is 0. The maximum absolute atomic E-state index is 13.3. The zero-order valence-electron chi connectivity index (χ0n) is 10.3. The fourth-order valence-corrected chi connectivity index (χ4v) is 3.09. The molecule has 16 heavy (non-hydrogen) atoms. The van der Waals surface area contributed by atoms with Crippen LogP contribution in [0.5, 0.6) is 0 Å². The monoisotopic (exact) mass is 237 g/mol. The van der Waals surface area contributed by atoms with Gasteiger partial charge in [-0.05, 0) is 31.2 Å². The van der Waals surface area contributed by atoms with E-state index < -0.39 is 11.7 Å². The molecule has 2 unspecified atom stereocenters. The van der Waals surface area contributed by atoms with E-state index in [0.29, 0.717) is 19.4 Å². The van der Waals surface area contributed by atoms with Crippen molar-refractivity contribution in [3.8, 4) is 0 Å². The summed E-state index contributed by atoms with van der Waals surface area (Å²) < 4.78 is 40.0. The number of nitrogens with one attached hydrogen (secondary N) is 1. The smallest absolute Gasteiger partial charge is 0.304 e. The van der Waals surface area contributed by atoms with Crippen LogP contribution in [0.15, 0.2) is 0 Å². The fraction of sp³-hybridized carbons (Fsp3) is 1.00. The van der Waals surface area contributed by atoms with Crippen molar-refractivity contribution in [3.05, 3.63) is 0 Å². The van der Waals surface area contributed by atoms with Crippen molar-refractivity contribution in [1.82, 2.24) is 5.32 Å². The van der Waals surface area contributed by atoms with Gasteiger partial charge in [0.15, 0.2) is 0 Å². The van der Waals surface area contributed by atoms with Crippen molar-refractivity contribution >= 4 is 0 Å². The molecule has 1 fully saturated rings. The summed E-state index contributed by atoms with van der Waals surface area (Å²) in [7, 11) is 0. The lowest BCUT2D eigenvalue weighted by Gasteiger charge is -2.47. The standard InChI is InChI=1S/C12H22F3N/c1-4-16-11(12(13,14)15)8-6-5-7-10(11)9(2)3/h9-10,16H,4-8H2,1-3H3. The van der Waals surface area contributed by atoms with E-state index in [1.165, 1.54) is 0 Å². The summed E-state index contributed by atoms with van der Waals surface area (Å²) in [5, 5.41) is 2.74. The molecule has 1 aliphatic carbocycles. The predicted molar refractivity (Wildman–Crippen MR) is 59.3 cm³/mol. The Labute approximate surface area is 95.8 Å². The molecule has 1 N–H and O–H groups in total. The van der Waals surface area contributed by atoms with Crippen molar-refractivity contribution in [1.29, 1.82) is 0 Å². The van der Waals surface area contributed by atoms with Crippen LogP contribution >= 0.6 is 0 Å². The first kappa shape index (κ1) is 13.8. The molecular weight excluding hydrogens is 215 g/mol. The van der Waals surface area contributed by atoms with Crippen LogP contribution in [0, 0.1) is 11.8 Å². The molecule has 0 amide bonds. The maximum atomic E-state index is 13.3. The second-order valence-corrected chi connectivity index (χ2v) is 5.10. The van der Waals surface area contributed by atoms with Crippen LogP contribution in [0.1, 0.15) is 46.5 Å². The number of halogens is 3. The van der Waals surface area contributed by atoms with Crippen LogP contribution in [-0.4, -0.2) is 18.3 Å². The Balaban J connectivity index is 3.03. The van der Waals surface area contributed by atoms with Gasteiger partial charge in [0.05, 0.1) is 0 Å². The van der Waals surface area contributed by atoms with Gasteiger partial charge in [-0.3, -0.25) is 0 Å². The molecule has 1 nitrogen and oxygen atoms in total. The SMILES string of the molecule is CCNC1(C(F)(F)F)CCCCC1C(C)C. The van der Waals surface area contributed by atoms with Gasteiger partial charge in [0.2, 0.25) is 0 Å². The normalized spacial score (nSPS) is 32.1. The molecule has 0 radical (unpaired) electrons. The van der Waals surface area contributed by atoms with Gasteiger partial charge in [-0.25, -0.2) is 0 Å². The third kappa shape index (κ3) is 2.36. The van der Waals surface area contributed by atoms with E-state index in [9.17, 15) is 13.2 Å². The molecule has 0 aromatic carbocycles. The van der Waals surface area contributed by atoms with Crippen LogP contribution in [0.4, 0.5) is 13.2 Å². The van der Waals surface area contributed by atoms with Crippen LogP contribution < -0.4 is 5.32 Å². The van der Waals surface area contributed by atoms with Crippen LogP contribution in [0.2, 0.25) is 0 Å². The highest BCUT2D eigenvalue weighted by Crippen LogP contribution is 2.47. The summed E-state index contributed by atoms with van der Waals surface area (Å²) >= 11 is 0. The molecule has 96 valence electrons. The Kier molecular flexibility index (Phi) is 4.27. The second-order valence-electron chi connectivity index (χ2n) is 5.10. The molecule has 2 atom stereocenters. The van der Waals surface area contributed by atoms with Gasteiger partial charge in [0.1, 0.15) is 5.54 Å². The van der Waals surface area contributed by atoms with Crippen LogP contribution in [0.25, 0.3) is 0 Å². The maximum Gasteiger partial charge on any atom is 0.406 e. The van der Waals surface area contributed by atoms with E-state index in [1.807, 2.05) is 13.8 Å². The van der Waals surface area contributed by atoms with Crippen LogP contribution in [0.3, 0.4) is 0 Å². The highest BCUT2D eigenvalue weighted by atomic mass is 19.4. The summed E-state index contributed by atoms with van der Waals surface area (Å²) in [5.74, 6) is -0.220. The summed E-state index contributed by atoms with van der Waals surface area (Å²) in [5.41, 5.74) is -1.64. The van der Waals surface area contributed by atoms with Crippen molar-refractivity contribution < 1.29 is 13.2 Å².